The minimum Gasteiger partial charge on any atom is -0.508 e. The van der Waals surface area contributed by atoms with Gasteiger partial charge in [-0.15, -0.1) is 0 Å². The number of hydrogen-bond acceptors (Lipinski definition) is 5. The topological polar surface area (TPSA) is 108 Å². The third kappa shape index (κ3) is 10.4. The molecule has 0 aliphatic heterocycles. The highest BCUT2D eigenvalue weighted by Gasteiger charge is 2.36. The lowest BCUT2D eigenvalue weighted by atomic mass is 9.98. The minimum atomic E-state index is -1.01. The summed E-state index contributed by atoms with van der Waals surface area (Å²) in [4.78, 5) is 42.4. The summed E-state index contributed by atoms with van der Waals surface area (Å²) in [6.45, 7) is 14.0. The van der Waals surface area contributed by atoms with Crippen molar-refractivity contribution in [3.05, 3.63) is 71.8 Å². The molecule has 40 heavy (non-hydrogen) atoms. The number of aromatic hydroxyl groups is 1. The number of nitrogens with zero attached hydrogens (tertiary/aromatic N) is 1. The van der Waals surface area contributed by atoms with Crippen molar-refractivity contribution < 1.29 is 24.2 Å². The van der Waals surface area contributed by atoms with Gasteiger partial charge in [-0.05, 0) is 68.5 Å². The Labute approximate surface area is 238 Å². The Morgan fingerprint density at radius 1 is 1.05 bits per heavy atom. The van der Waals surface area contributed by atoms with Gasteiger partial charge in [0.05, 0.1) is 0 Å². The van der Waals surface area contributed by atoms with Crippen molar-refractivity contribution in [3.63, 3.8) is 0 Å². The molecule has 0 spiro atoms. The van der Waals surface area contributed by atoms with Crippen molar-refractivity contribution in [2.75, 3.05) is 13.1 Å². The molecule has 2 aromatic carbocycles. The fraction of sp³-hybridized carbons (Fsp3) is 0.469. The molecule has 2 atom stereocenters. The molecule has 0 saturated heterocycles. The van der Waals surface area contributed by atoms with Crippen LogP contribution in [-0.2, 0) is 20.7 Å². The predicted molar refractivity (Wildman–Crippen MR) is 159 cm³/mol. The highest BCUT2D eigenvalue weighted by Crippen LogP contribution is 2.25. The number of hydrogen-bond donors (Lipinski definition) is 3. The van der Waals surface area contributed by atoms with Gasteiger partial charge >= 0.3 is 6.09 Å². The van der Waals surface area contributed by atoms with E-state index in [1.165, 1.54) is 12.1 Å². The number of carbonyl (C=O) groups is 3. The summed E-state index contributed by atoms with van der Waals surface area (Å²) in [5.41, 5.74) is 1.47. The summed E-state index contributed by atoms with van der Waals surface area (Å²) in [6, 6.07) is 12.0. The maximum atomic E-state index is 14.3. The van der Waals surface area contributed by atoms with Crippen LogP contribution in [0.25, 0.3) is 6.08 Å². The van der Waals surface area contributed by atoms with Crippen LogP contribution >= 0.6 is 0 Å². The minimum absolute atomic E-state index is 0.0993. The fourth-order valence-electron chi connectivity index (χ4n) is 4.23. The second-order valence-corrected chi connectivity index (χ2v) is 10.9. The molecule has 0 aromatic heterocycles. The van der Waals surface area contributed by atoms with Crippen molar-refractivity contribution in [3.8, 4) is 5.75 Å². The van der Waals surface area contributed by atoms with Gasteiger partial charge in [-0.3, -0.25) is 9.59 Å². The van der Waals surface area contributed by atoms with E-state index in [-0.39, 0.29) is 18.1 Å². The van der Waals surface area contributed by atoms with Crippen molar-refractivity contribution in [1.29, 1.82) is 0 Å². The lowest BCUT2D eigenvalue weighted by molar-refractivity contribution is -0.142. The van der Waals surface area contributed by atoms with E-state index in [1.54, 1.807) is 43.9 Å². The van der Waals surface area contributed by atoms with Crippen LogP contribution in [0.1, 0.15) is 83.0 Å². The van der Waals surface area contributed by atoms with Gasteiger partial charge in [0, 0.05) is 19.5 Å². The molecule has 3 N–H and O–H groups in total. The summed E-state index contributed by atoms with van der Waals surface area (Å²) in [5.74, 6) is -0.575. The number of ether oxygens (including phenoxy) is 1. The van der Waals surface area contributed by atoms with E-state index in [9.17, 15) is 19.5 Å². The van der Waals surface area contributed by atoms with E-state index in [1.807, 2.05) is 38.1 Å². The van der Waals surface area contributed by atoms with Crippen molar-refractivity contribution >= 4 is 24.0 Å². The van der Waals surface area contributed by atoms with Crippen LogP contribution in [-0.4, -0.2) is 52.6 Å². The lowest BCUT2D eigenvalue weighted by Crippen LogP contribution is -2.54. The zero-order valence-corrected chi connectivity index (χ0v) is 24.5. The third-order valence-corrected chi connectivity index (χ3v) is 6.25. The van der Waals surface area contributed by atoms with Gasteiger partial charge in [-0.25, -0.2) is 4.79 Å². The smallest absolute Gasteiger partial charge is 0.408 e. The summed E-state index contributed by atoms with van der Waals surface area (Å²) in [7, 11) is 0. The first-order valence-electron chi connectivity index (χ1n) is 14.1. The Balaban J connectivity index is 2.55. The number of amides is 3. The van der Waals surface area contributed by atoms with Crippen molar-refractivity contribution in [2.24, 2.45) is 0 Å². The van der Waals surface area contributed by atoms with Crippen LogP contribution in [0.2, 0.25) is 0 Å². The van der Waals surface area contributed by atoms with Crippen LogP contribution in [0, 0.1) is 0 Å². The molecular formula is C32H45N3O5. The summed E-state index contributed by atoms with van der Waals surface area (Å²) in [6.07, 6.45) is 4.34. The number of alkyl carbamates (subject to hydrolysis) is 1. The van der Waals surface area contributed by atoms with Crippen LogP contribution < -0.4 is 10.6 Å². The Morgan fingerprint density at radius 2 is 1.73 bits per heavy atom. The van der Waals surface area contributed by atoms with Crippen LogP contribution in [0.3, 0.4) is 0 Å². The molecule has 3 amide bonds. The molecule has 0 aliphatic rings. The Hall–Kier alpha value is -3.81. The maximum absolute atomic E-state index is 14.3. The Morgan fingerprint density at radius 3 is 2.33 bits per heavy atom. The predicted octanol–water partition coefficient (Wildman–Crippen LogP) is 5.76. The van der Waals surface area contributed by atoms with Crippen LogP contribution in [0.4, 0.5) is 4.79 Å². The van der Waals surface area contributed by atoms with E-state index in [4.69, 9.17) is 4.74 Å². The number of unbranched alkanes of at least 4 members (excludes halogenated alkanes) is 2. The number of phenols is 1. The summed E-state index contributed by atoms with van der Waals surface area (Å²) >= 11 is 0. The molecule has 218 valence electrons. The largest absolute Gasteiger partial charge is 0.508 e. The van der Waals surface area contributed by atoms with Gasteiger partial charge in [0.15, 0.2) is 0 Å². The molecule has 2 rings (SSSR count). The highest BCUT2D eigenvalue weighted by atomic mass is 16.6. The second-order valence-electron chi connectivity index (χ2n) is 10.9. The molecule has 0 saturated carbocycles. The molecule has 8 heteroatoms. The molecular weight excluding hydrogens is 506 g/mol. The summed E-state index contributed by atoms with van der Waals surface area (Å²) < 4.78 is 5.47. The molecule has 0 heterocycles. The third-order valence-electron chi connectivity index (χ3n) is 6.25. The van der Waals surface area contributed by atoms with Gasteiger partial charge in [-0.1, -0.05) is 69.7 Å². The Kier molecular flexibility index (Phi) is 12.7. The zero-order chi connectivity index (χ0) is 29.7. The van der Waals surface area contributed by atoms with E-state index in [0.717, 1.165) is 30.4 Å². The lowest BCUT2D eigenvalue weighted by Gasteiger charge is -2.34. The van der Waals surface area contributed by atoms with E-state index < -0.39 is 29.7 Å². The number of rotatable bonds is 14. The molecule has 0 radical (unpaired) electrons. The molecule has 0 bridgehead atoms. The number of nitrogens with one attached hydrogen (secondary N) is 2. The van der Waals surface area contributed by atoms with Gasteiger partial charge in [-0.2, -0.15) is 0 Å². The van der Waals surface area contributed by atoms with Gasteiger partial charge < -0.3 is 25.4 Å². The fourth-order valence-corrected chi connectivity index (χ4v) is 4.23. The normalized spacial score (nSPS) is 12.6. The number of carbonyl (C=O) groups excluding carboxylic acids is 3. The number of phenolic OH excluding ortho intramolecular Hbond substituents is 1. The SMILES string of the molecule is C=Cc1cccc(C(C(=O)NCCCC)N(CCCC)C(=O)C(Cc2ccc(O)cc2)NC(=O)OC(C)(C)C)c1. The zero-order valence-electron chi connectivity index (χ0n) is 24.5. The first-order valence-corrected chi connectivity index (χ1v) is 14.1. The van der Waals surface area contributed by atoms with E-state index in [0.29, 0.717) is 25.1 Å². The van der Waals surface area contributed by atoms with Crippen molar-refractivity contribution in [1.82, 2.24) is 15.5 Å². The second kappa shape index (κ2) is 15.7. The van der Waals surface area contributed by atoms with Crippen LogP contribution in [0.15, 0.2) is 55.1 Å². The summed E-state index contributed by atoms with van der Waals surface area (Å²) in [5, 5.41) is 15.5. The van der Waals surface area contributed by atoms with Crippen molar-refractivity contribution in [2.45, 2.75) is 84.4 Å². The van der Waals surface area contributed by atoms with E-state index >= 15 is 0 Å². The maximum Gasteiger partial charge on any atom is 0.408 e. The first-order chi connectivity index (χ1) is 19.0. The monoisotopic (exact) mass is 551 g/mol. The molecule has 0 aliphatic carbocycles. The molecule has 2 unspecified atom stereocenters. The molecule has 8 nitrogen and oxygen atoms in total. The van der Waals surface area contributed by atoms with Gasteiger partial charge in [0.25, 0.3) is 0 Å². The van der Waals surface area contributed by atoms with E-state index in [2.05, 4.69) is 17.2 Å². The number of benzene rings is 2. The average Bonchev–Trinajstić information content (AvgIpc) is 2.90. The molecule has 0 fully saturated rings. The highest BCUT2D eigenvalue weighted by molar-refractivity contribution is 5.92. The first kappa shape index (κ1) is 32.4. The van der Waals surface area contributed by atoms with Gasteiger partial charge in [0.2, 0.25) is 11.8 Å². The quantitative estimate of drug-likeness (QED) is 0.259. The van der Waals surface area contributed by atoms with Gasteiger partial charge in [0.1, 0.15) is 23.4 Å². The standard InChI is InChI=1S/C32H45N3O5/c1-7-10-19-33-29(37)28(25-14-12-13-23(9-3)21-25)35(20-11-8-2)30(38)27(34-31(39)40-32(4,5)6)22-24-15-17-26(36)18-16-24/h9,12-18,21,27-28,36H,3,7-8,10-11,19-20,22H2,1-2,4-6H3,(H,33,37)(H,34,39). The molecule has 2 aromatic rings. The average molecular weight is 552 g/mol. The Bertz CT molecular complexity index is 1120. The van der Waals surface area contributed by atoms with Crippen LogP contribution in [0.5, 0.6) is 5.75 Å².